The van der Waals surface area contributed by atoms with Crippen LogP contribution in [0.25, 0.3) is 0 Å². The van der Waals surface area contributed by atoms with E-state index < -0.39 is 7.92 Å². The van der Waals surface area contributed by atoms with Gasteiger partial charge in [-0.1, -0.05) is 54.6 Å². The average Bonchev–Trinajstić information content (AvgIpc) is 2.51. The second-order valence-electron chi connectivity index (χ2n) is 4.47. The van der Waals surface area contributed by atoms with Gasteiger partial charge >= 0.3 is 0 Å². The van der Waals surface area contributed by atoms with E-state index in [0.717, 1.165) is 0 Å². The molecule has 0 amide bonds. The van der Waals surface area contributed by atoms with Crippen molar-refractivity contribution in [2.45, 2.75) is 0 Å². The van der Waals surface area contributed by atoms with Gasteiger partial charge in [0.15, 0.2) is 0 Å². The Kier molecular flexibility index (Phi) is 16.0. The Bertz CT molecular complexity index is 545. The van der Waals surface area contributed by atoms with Crippen molar-refractivity contribution in [2.75, 3.05) is 0 Å². The molecule has 0 spiro atoms. The van der Waals surface area contributed by atoms with Crippen molar-refractivity contribution in [1.29, 1.82) is 0 Å². The van der Waals surface area contributed by atoms with Crippen molar-refractivity contribution >= 4 is 23.8 Å². The van der Waals surface area contributed by atoms with Crippen molar-refractivity contribution in [3.63, 3.8) is 0 Å². The smallest absolute Gasteiger partial charge is 0.102 e. The molecule has 0 fully saturated rings. The van der Waals surface area contributed by atoms with Crippen LogP contribution >= 0.6 is 7.92 Å². The molecule has 8 N–H and O–H groups in total. The SMILES string of the molecule is O.O.O.O.[Pd].c1ccc([PH+](c2ccccc2)c2ccccc2)cc1. The fourth-order valence-corrected chi connectivity index (χ4v) is 4.89. The van der Waals surface area contributed by atoms with Crippen LogP contribution in [0.1, 0.15) is 0 Å². The molecule has 134 valence electrons. The molecule has 0 atom stereocenters. The normalized spacial score (nSPS) is 8.38. The molecule has 0 radical (unpaired) electrons. The maximum atomic E-state index is 2.24. The van der Waals surface area contributed by atoms with Gasteiger partial charge in [0.2, 0.25) is 0 Å². The molecule has 0 aliphatic heterocycles. The molecule has 3 aromatic rings. The molecule has 3 rings (SSSR count). The predicted octanol–water partition coefficient (Wildman–Crippen LogP) is -0.124. The number of hydrogen-bond acceptors (Lipinski definition) is 0. The summed E-state index contributed by atoms with van der Waals surface area (Å²) in [7, 11) is -0.877. The van der Waals surface area contributed by atoms with Crippen LogP contribution in [-0.2, 0) is 20.4 Å². The quantitative estimate of drug-likeness (QED) is 0.397. The van der Waals surface area contributed by atoms with Crippen LogP contribution in [-0.4, -0.2) is 21.9 Å². The summed E-state index contributed by atoms with van der Waals surface area (Å²) in [5.74, 6) is 0. The largest absolute Gasteiger partial charge is 0.412 e. The van der Waals surface area contributed by atoms with Gasteiger partial charge in [-0.05, 0) is 36.4 Å². The minimum Gasteiger partial charge on any atom is -0.412 e. The van der Waals surface area contributed by atoms with Crippen LogP contribution < -0.4 is 15.9 Å². The van der Waals surface area contributed by atoms with E-state index in [-0.39, 0.29) is 42.3 Å². The van der Waals surface area contributed by atoms with Crippen LogP contribution in [0.3, 0.4) is 0 Å². The minimum absolute atomic E-state index is 0. The molecule has 0 aliphatic rings. The van der Waals surface area contributed by atoms with Crippen molar-refractivity contribution in [1.82, 2.24) is 0 Å². The zero-order valence-corrected chi connectivity index (χ0v) is 15.5. The fourth-order valence-electron chi connectivity index (χ4n) is 2.31. The van der Waals surface area contributed by atoms with Crippen LogP contribution in [0, 0.1) is 0 Å². The molecule has 0 bridgehead atoms. The van der Waals surface area contributed by atoms with E-state index in [1.54, 1.807) is 0 Å². The number of rotatable bonds is 3. The van der Waals surface area contributed by atoms with E-state index in [2.05, 4.69) is 91.0 Å². The van der Waals surface area contributed by atoms with Gasteiger partial charge in [0.25, 0.3) is 0 Å². The predicted molar refractivity (Wildman–Crippen MR) is 101 cm³/mol. The summed E-state index contributed by atoms with van der Waals surface area (Å²) < 4.78 is 0. The molecule has 0 heterocycles. The third kappa shape index (κ3) is 6.61. The Balaban J connectivity index is -0.000000882. The Morgan fingerprint density at radius 2 is 0.583 bits per heavy atom. The minimum atomic E-state index is -0.877. The van der Waals surface area contributed by atoms with Crippen LogP contribution in [0.4, 0.5) is 0 Å². The Morgan fingerprint density at radius 3 is 0.792 bits per heavy atom. The topological polar surface area (TPSA) is 126 Å². The van der Waals surface area contributed by atoms with Gasteiger partial charge in [-0.25, -0.2) is 0 Å². The van der Waals surface area contributed by atoms with E-state index >= 15 is 0 Å². The van der Waals surface area contributed by atoms with E-state index in [4.69, 9.17) is 0 Å². The number of hydrogen-bond donors (Lipinski definition) is 0. The molecular weight excluding hydrogens is 418 g/mol. The molecule has 0 unspecified atom stereocenters. The van der Waals surface area contributed by atoms with Gasteiger partial charge in [0.05, 0.1) is 7.92 Å². The summed E-state index contributed by atoms with van der Waals surface area (Å²) in [5, 5.41) is 4.31. The monoisotopic (exact) mass is 441 g/mol. The van der Waals surface area contributed by atoms with E-state index in [1.165, 1.54) is 15.9 Å². The van der Waals surface area contributed by atoms with Crippen LogP contribution in [0.2, 0.25) is 0 Å². The molecule has 6 heteroatoms. The maximum Gasteiger partial charge on any atom is 0.102 e. The van der Waals surface area contributed by atoms with Gasteiger partial charge in [-0.15, -0.1) is 0 Å². The summed E-state index contributed by atoms with van der Waals surface area (Å²) in [6.45, 7) is 0. The summed E-state index contributed by atoms with van der Waals surface area (Å²) in [6.07, 6.45) is 0. The van der Waals surface area contributed by atoms with Crippen LogP contribution in [0.15, 0.2) is 91.0 Å². The van der Waals surface area contributed by atoms with Crippen molar-refractivity contribution in [2.24, 2.45) is 0 Å². The third-order valence-corrected chi connectivity index (χ3v) is 5.92. The van der Waals surface area contributed by atoms with Gasteiger partial charge in [-0.3, -0.25) is 0 Å². The first-order chi connectivity index (χ1) is 9.45. The van der Waals surface area contributed by atoms with Gasteiger partial charge in [-0.2, -0.15) is 0 Å². The molecule has 0 aliphatic carbocycles. The second-order valence-corrected chi connectivity index (χ2v) is 6.96. The molecule has 4 nitrogen and oxygen atoms in total. The fraction of sp³-hybridized carbons (Fsp3) is 0. The first-order valence-corrected chi connectivity index (χ1v) is 7.98. The Hall–Kier alpha value is -1.41. The average molecular weight is 442 g/mol. The molecular formula is C18H24O4PPd+. The third-order valence-electron chi connectivity index (χ3n) is 3.19. The summed E-state index contributed by atoms with van der Waals surface area (Å²) in [5.41, 5.74) is 0. The van der Waals surface area contributed by atoms with E-state index in [1.807, 2.05) is 0 Å². The molecule has 3 aromatic carbocycles. The molecule has 24 heavy (non-hydrogen) atoms. The molecule has 0 aromatic heterocycles. The Morgan fingerprint density at radius 1 is 0.375 bits per heavy atom. The maximum absolute atomic E-state index is 2.24. The van der Waals surface area contributed by atoms with E-state index in [9.17, 15) is 0 Å². The molecule has 0 saturated heterocycles. The Labute approximate surface area is 157 Å². The molecule has 0 saturated carbocycles. The summed E-state index contributed by atoms with van der Waals surface area (Å²) >= 11 is 0. The van der Waals surface area contributed by atoms with Gasteiger partial charge < -0.3 is 21.9 Å². The van der Waals surface area contributed by atoms with Gasteiger partial charge in [0.1, 0.15) is 15.9 Å². The van der Waals surface area contributed by atoms with Crippen molar-refractivity contribution < 1.29 is 42.3 Å². The zero-order chi connectivity index (χ0) is 12.9. The van der Waals surface area contributed by atoms with Crippen molar-refractivity contribution in [3.05, 3.63) is 91.0 Å². The van der Waals surface area contributed by atoms with E-state index in [0.29, 0.717) is 0 Å². The van der Waals surface area contributed by atoms with Crippen molar-refractivity contribution in [3.8, 4) is 0 Å². The standard InChI is InChI=1S/C18H15P.4H2O.Pd/c1-4-10-16(11-5-1)19(17-12-6-2-7-13-17)18-14-8-3-9-15-18;;;;;/h1-15H;4*1H2;/p+1. The zero-order valence-electron chi connectivity index (χ0n) is 13.0. The number of benzene rings is 3. The van der Waals surface area contributed by atoms with Crippen LogP contribution in [0.5, 0.6) is 0 Å². The first kappa shape index (κ1) is 27.4. The summed E-state index contributed by atoms with van der Waals surface area (Å²) in [6, 6.07) is 32.5. The summed E-state index contributed by atoms with van der Waals surface area (Å²) in [4.78, 5) is 0. The first-order valence-electron chi connectivity index (χ1n) is 6.48. The second kappa shape index (κ2) is 14.0. The van der Waals surface area contributed by atoms with Gasteiger partial charge in [0, 0.05) is 20.4 Å².